The average molecular weight is 231 g/mol. The molecule has 0 atom stereocenters. The second kappa shape index (κ2) is 4.97. The number of nitriles is 1. The van der Waals surface area contributed by atoms with E-state index in [-0.39, 0.29) is 0 Å². The summed E-state index contributed by atoms with van der Waals surface area (Å²) in [6.45, 7) is 1.67. The summed E-state index contributed by atoms with van der Waals surface area (Å²) < 4.78 is 1.85. The van der Waals surface area contributed by atoms with Gasteiger partial charge in [0.2, 0.25) is 0 Å². The molecule has 0 amide bonds. The van der Waals surface area contributed by atoms with E-state index in [0.29, 0.717) is 5.69 Å². The zero-order valence-corrected chi connectivity index (χ0v) is 9.92. The van der Waals surface area contributed by atoms with Gasteiger partial charge >= 0.3 is 0 Å². The maximum atomic E-state index is 8.82. The lowest BCUT2D eigenvalue weighted by Crippen LogP contribution is -2.11. The molecule has 0 aliphatic rings. The first-order valence-electron chi connectivity index (χ1n) is 5.06. The summed E-state index contributed by atoms with van der Waals surface area (Å²) in [5.74, 6) is 0. The molecule has 2 rings (SSSR count). The molecule has 2 aromatic heterocycles. The summed E-state index contributed by atoms with van der Waals surface area (Å²) in [6.07, 6.45) is 1.99. The van der Waals surface area contributed by atoms with Gasteiger partial charge in [-0.3, -0.25) is 0 Å². The lowest BCUT2D eigenvalue weighted by molar-refractivity contribution is 0.693. The Morgan fingerprint density at radius 1 is 1.44 bits per heavy atom. The van der Waals surface area contributed by atoms with Crippen LogP contribution in [0.1, 0.15) is 16.8 Å². The summed E-state index contributed by atoms with van der Waals surface area (Å²) in [4.78, 5) is 0. The highest BCUT2D eigenvalue weighted by molar-refractivity contribution is 7.07. The van der Waals surface area contributed by atoms with E-state index >= 15 is 0 Å². The van der Waals surface area contributed by atoms with Gasteiger partial charge in [-0.15, -0.1) is 0 Å². The van der Waals surface area contributed by atoms with Gasteiger partial charge in [-0.2, -0.15) is 16.6 Å². The maximum absolute atomic E-state index is 8.82. The number of nitrogens with zero attached hydrogens (tertiary/aromatic N) is 2. The summed E-state index contributed by atoms with van der Waals surface area (Å²) in [5.41, 5.74) is 3.16. The third kappa shape index (κ3) is 2.51. The average Bonchev–Trinajstić information content (AvgIpc) is 2.88. The fraction of sp³-hybridized carbons (Fsp3) is 0.250. The van der Waals surface area contributed by atoms with Crippen LogP contribution in [-0.4, -0.2) is 4.57 Å². The minimum atomic E-state index is 0.701. The molecule has 0 saturated heterocycles. The van der Waals surface area contributed by atoms with Gasteiger partial charge < -0.3 is 9.88 Å². The van der Waals surface area contributed by atoms with E-state index in [0.717, 1.165) is 18.7 Å². The topological polar surface area (TPSA) is 40.8 Å². The Morgan fingerprint density at radius 2 is 2.25 bits per heavy atom. The molecule has 0 aromatic carbocycles. The van der Waals surface area contributed by atoms with Crippen molar-refractivity contribution in [3.63, 3.8) is 0 Å². The molecule has 2 aromatic rings. The second-order valence-corrected chi connectivity index (χ2v) is 4.47. The van der Waals surface area contributed by atoms with Crippen LogP contribution in [0.2, 0.25) is 0 Å². The van der Waals surface area contributed by atoms with E-state index in [1.54, 1.807) is 11.3 Å². The van der Waals surface area contributed by atoms with Gasteiger partial charge in [0.05, 0.1) is 0 Å². The normalized spacial score (nSPS) is 10.2. The van der Waals surface area contributed by atoms with Crippen molar-refractivity contribution < 1.29 is 0 Å². The van der Waals surface area contributed by atoms with Gasteiger partial charge in [0.15, 0.2) is 0 Å². The van der Waals surface area contributed by atoms with Gasteiger partial charge in [0, 0.05) is 26.3 Å². The Kier molecular flexibility index (Phi) is 3.40. The fourth-order valence-electron chi connectivity index (χ4n) is 1.59. The van der Waals surface area contributed by atoms with Gasteiger partial charge in [-0.05, 0) is 34.0 Å². The number of rotatable bonds is 4. The molecule has 2 heterocycles. The highest BCUT2D eigenvalue weighted by Crippen LogP contribution is 2.08. The van der Waals surface area contributed by atoms with Crippen molar-refractivity contribution in [3.8, 4) is 6.07 Å². The predicted molar refractivity (Wildman–Crippen MR) is 65.0 cm³/mol. The first kappa shape index (κ1) is 10.9. The fourth-order valence-corrected chi connectivity index (χ4v) is 2.25. The number of thiophene rings is 1. The molecule has 0 unspecified atom stereocenters. The maximum Gasteiger partial charge on any atom is 0.120 e. The van der Waals surface area contributed by atoms with Crippen molar-refractivity contribution in [2.24, 2.45) is 7.05 Å². The zero-order chi connectivity index (χ0) is 11.4. The van der Waals surface area contributed by atoms with Crippen molar-refractivity contribution in [2.45, 2.75) is 13.1 Å². The number of nitrogens with one attached hydrogen (secondary N) is 1. The Hall–Kier alpha value is -1.57. The van der Waals surface area contributed by atoms with Gasteiger partial charge in [-0.1, -0.05) is 0 Å². The largest absolute Gasteiger partial charge is 0.342 e. The van der Waals surface area contributed by atoms with E-state index in [1.165, 1.54) is 5.56 Å². The first-order valence-corrected chi connectivity index (χ1v) is 6.01. The Balaban J connectivity index is 1.88. The van der Waals surface area contributed by atoms with Crippen molar-refractivity contribution in [3.05, 3.63) is 45.9 Å². The lowest BCUT2D eigenvalue weighted by Gasteiger charge is -2.00. The summed E-state index contributed by atoms with van der Waals surface area (Å²) in [7, 11) is 1.89. The molecule has 16 heavy (non-hydrogen) atoms. The second-order valence-electron chi connectivity index (χ2n) is 3.69. The Morgan fingerprint density at radius 3 is 2.88 bits per heavy atom. The standard InChI is InChI=1S/C12H13N3S/c1-15-8-11(4-12(15)5-13)7-14-6-10-2-3-16-9-10/h2-4,8-9,14H,6-7H2,1H3. The smallest absolute Gasteiger partial charge is 0.120 e. The molecule has 0 radical (unpaired) electrons. The first-order chi connectivity index (χ1) is 7.79. The van der Waals surface area contributed by atoms with Gasteiger partial charge in [-0.25, -0.2) is 0 Å². The van der Waals surface area contributed by atoms with Crippen molar-refractivity contribution in [1.82, 2.24) is 9.88 Å². The predicted octanol–water partition coefficient (Wildman–Crippen LogP) is 2.25. The number of hydrogen-bond donors (Lipinski definition) is 1. The SMILES string of the molecule is Cn1cc(CNCc2ccsc2)cc1C#N. The molecule has 0 aliphatic heterocycles. The molecule has 0 fully saturated rings. The van der Waals surface area contributed by atoms with Crippen LogP contribution in [0, 0.1) is 11.3 Å². The van der Waals surface area contributed by atoms with Crippen LogP contribution in [0.3, 0.4) is 0 Å². The van der Waals surface area contributed by atoms with Crippen LogP contribution >= 0.6 is 11.3 Å². The van der Waals surface area contributed by atoms with E-state index < -0.39 is 0 Å². The Bertz CT molecular complexity index is 491. The summed E-state index contributed by atoms with van der Waals surface area (Å²) >= 11 is 1.71. The van der Waals surface area contributed by atoms with Gasteiger partial charge in [0.1, 0.15) is 11.8 Å². The van der Waals surface area contributed by atoms with E-state index in [9.17, 15) is 0 Å². The highest BCUT2D eigenvalue weighted by Gasteiger charge is 2.01. The minimum absolute atomic E-state index is 0.701. The number of aryl methyl sites for hydroxylation is 1. The van der Waals surface area contributed by atoms with Crippen LogP contribution in [0.5, 0.6) is 0 Å². The molecule has 0 aliphatic carbocycles. The van der Waals surface area contributed by atoms with Crippen LogP contribution < -0.4 is 5.32 Å². The van der Waals surface area contributed by atoms with Crippen molar-refractivity contribution in [1.29, 1.82) is 5.26 Å². The minimum Gasteiger partial charge on any atom is -0.342 e. The van der Waals surface area contributed by atoms with Crippen LogP contribution in [-0.2, 0) is 20.1 Å². The Labute approximate surface area is 99.0 Å². The molecular formula is C12H13N3S. The van der Waals surface area contributed by atoms with Crippen LogP contribution in [0.25, 0.3) is 0 Å². The number of hydrogen-bond acceptors (Lipinski definition) is 3. The third-order valence-electron chi connectivity index (χ3n) is 2.41. The number of aromatic nitrogens is 1. The molecule has 3 nitrogen and oxygen atoms in total. The molecular weight excluding hydrogens is 218 g/mol. The van der Waals surface area contributed by atoms with Crippen LogP contribution in [0.4, 0.5) is 0 Å². The molecule has 0 saturated carbocycles. The highest BCUT2D eigenvalue weighted by atomic mass is 32.1. The monoisotopic (exact) mass is 231 g/mol. The molecule has 1 N–H and O–H groups in total. The van der Waals surface area contributed by atoms with Gasteiger partial charge in [0.25, 0.3) is 0 Å². The lowest BCUT2D eigenvalue weighted by atomic mass is 10.3. The van der Waals surface area contributed by atoms with Crippen molar-refractivity contribution >= 4 is 11.3 Å². The molecule has 82 valence electrons. The summed E-state index contributed by atoms with van der Waals surface area (Å²) in [6, 6.07) is 6.19. The quantitative estimate of drug-likeness (QED) is 0.876. The van der Waals surface area contributed by atoms with Crippen molar-refractivity contribution in [2.75, 3.05) is 0 Å². The van der Waals surface area contributed by atoms with E-state index in [1.807, 2.05) is 23.9 Å². The third-order valence-corrected chi connectivity index (χ3v) is 3.15. The molecule has 0 bridgehead atoms. The molecule has 0 spiro atoms. The van der Waals surface area contributed by atoms with Crippen LogP contribution in [0.15, 0.2) is 29.1 Å². The molecule has 4 heteroatoms. The van der Waals surface area contributed by atoms with E-state index in [4.69, 9.17) is 5.26 Å². The zero-order valence-electron chi connectivity index (χ0n) is 9.10. The van der Waals surface area contributed by atoms with E-state index in [2.05, 4.69) is 28.2 Å². The summed E-state index contributed by atoms with van der Waals surface area (Å²) in [5, 5.41) is 16.4.